The van der Waals surface area contributed by atoms with E-state index >= 15 is 0 Å². The van der Waals surface area contributed by atoms with Gasteiger partial charge in [0.2, 0.25) is 5.91 Å². The summed E-state index contributed by atoms with van der Waals surface area (Å²) in [7, 11) is 0. The smallest absolute Gasteiger partial charge is 0.220 e. The first kappa shape index (κ1) is 63.1. The molecule has 0 aliphatic carbocycles. The van der Waals surface area contributed by atoms with Crippen LogP contribution >= 0.6 is 0 Å². The Kier molecular flexibility index (Phi) is 44.3. The summed E-state index contributed by atoms with van der Waals surface area (Å²) in [4.78, 5) is 13.0. The third kappa shape index (κ3) is 37.0. The molecule has 1 fully saturated rings. The van der Waals surface area contributed by atoms with Crippen LogP contribution in [0.4, 0.5) is 0 Å². The Balaban J connectivity index is 2.11. The number of hydrogen-bond acceptors (Lipinski definition) is 8. The van der Waals surface area contributed by atoms with Gasteiger partial charge in [-0.05, 0) is 83.5 Å². The van der Waals surface area contributed by atoms with E-state index in [1.54, 1.807) is 6.08 Å². The van der Waals surface area contributed by atoms with Gasteiger partial charge in [0.05, 0.1) is 25.4 Å². The maximum absolute atomic E-state index is 13.0. The summed E-state index contributed by atoms with van der Waals surface area (Å²) in [6.45, 7) is 3.59. The third-order valence-corrected chi connectivity index (χ3v) is 12.4. The van der Waals surface area contributed by atoms with Crippen molar-refractivity contribution in [2.45, 2.75) is 256 Å². The normalized spacial score (nSPS) is 20.4. The summed E-state index contributed by atoms with van der Waals surface area (Å²) in [5.41, 5.74) is 0. The SMILES string of the molecule is CC/C=C\C/C=C\C/C=C\C/C=C\C/C=C\C/C=C\CCCCCCCCCCCCCCCCCCC(=O)NC(COC1OC(CO)C(O)C(O)C1O)C(O)/C=C/CC/C=C/CCCCCC. The van der Waals surface area contributed by atoms with Crippen molar-refractivity contribution >= 4 is 5.91 Å². The fraction of sp³-hybridized carbons (Fsp3) is 0.712. The molecule has 1 heterocycles. The molecule has 6 N–H and O–H groups in total. The molecule has 1 aliphatic rings. The second kappa shape index (κ2) is 47.8. The number of aliphatic hydroxyl groups excluding tert-OH is 5. The van der Waals surface area contributed by atoms with Gasteiger partial charge in [0.1, 0.15) is 24.4 Å². The molecular weight excluding hydrogens is 851 g/mol. The lowest BCUT2D eigenvalue weighted by molar-refractivity contribution is -0.302. The summed E-state index contributed by atoms with van der Waals surface area (Å²) in [6, 6.07) is -0.824. The van der Waals surface area contributed by atoms with Gasteiger partial charge in [-0.25, -0.2) is 0 Å². The highest BCUT2D eigenvalue weighted by Crippen LogP contribution is 2.23. The molecule has 1 aliphatic heterocycles. The van der Waals surface area contributed by atoms with Crippen molar-refractivity contribution in [2.75, 3.05) is 13.2 Å². The highest BCUT2D eigenvalue weighted by molar-refractivity contribution is 5.76. The van der Waals surface area contributed by atoms with E-state index in [2.05, 4.69) is 104 Å². The lowest BCUT2D eigenvalue weighted by atomic mass is 9.99. The summed E-state index contributed by atoms with van der Waals surface area (Å²) in [5, 5.41) is 54.2. The second-order valence-corrected chi connectivity index (χ2v) is 18.6. The van der Waals surface area contributed by atoms with Gasteiger partial charge in [-0.15, -0.1) is 0 Å². The van der Waals surface area contributed by atoms with Crippen LogP contribution in [0.3, 0.4) is 0 Å². The lowest BCUT2D eigenvalue weighted by Crippen LogP contribution is -2.60. The number of aliphatic hydroxyl groups is 5. The van der Waals surface area contributed by atoms with Crippen LogP contribution in [0.15, 0.2) is 97.2 Å². The van der Waals surface area contributed by atoms with E-state index < -0.39 is 49.5 Å². The van der Waals surface area contributed by atoms with Gasteiger partial charge in [-0.3, -0.25) is 4.79 Å². The molecule has 9 nitrogen and oxygen atoms in total. The average molecular weight is 952 g/mol. The fourth-order valence-corrected chi connectivity index (χ4v) is 8.06. The first-order valence-corrected chi connectivity index (χ1v) is 27.5. The van der Waals surface area contributed by atoms with Crippen LogP contribution in [-0.2, 0) is 14.3 Å². The molecule has 1 rings (SSSR count). The highest BCUT2D eigenvalue weighted by Gasteiger charge is 2.44. The minimum Gasteiger partial charge on any atom is -0.394 e. The first-order valence-electron chi connectivity index (χ1n) is 27.5. The third-order valence-electron chi connectivity index (χ3n) is 12.4. The zero-order chi connectivity index (χ0) is 49.4. The van der Waals surface area contributed by atoms with Crippen molar-refractivity contribution in [3.63, 3.8) is 0 Å². The first-order chi connectivity index (χ1) is 33.3. The topological polar surface area (TPSA) is 149 Å². The molecule has 9 heteroatoms. The Morgan fingerprint density at radius 3 is 1.41 bits per heavy atom. The molecule has 7 atom stereocenters. The van der Waals surface area contributed by atoms with Gasteiger partial charge >= 0.3 is 0 Å². The number of hydrogen-bond donors (Lipinski definition) is 6. The molecule has 0 aromatic carbocycles. The van der Waals surface area contributed by atoms with Crippen molar-refractivity contribution in [3.05, 3.63) is 97.2 Å². The van der Waals surface area contributed by atoms with Gasteiger partial charge in [0, 0.05) is 6.42 Å². The summed E-state index contributed by atoms with van der Waals surface area (Å²) in [6.07, 6.45) is 62.1. The summed E-state index contributed by atoms with van der Waals surface area (Å²) in [5.74, 6) is -0.192. The molecule has 0 aromatic rings. The van der Waals surface area contributed by atoms with E-state index in [1.165, 1.54) is 116 Å². The van der Waals surface area contributed by atoms with Crippen LogP contribution < -0.4 is 5.32 Å². The molecule has 1 saturated heterocycles. The van der Waals surface area contributed by atoms with Crippen molar-refractivity contribution in [2.24, 2.45) is 0 Å². The van der Waals surface area contributed by atoms with Gasteiger partial charge in [-0.2, -0.15) is 0 Å². The molecule has 390 valence electrons. The molecule has 0 saturated carbocycles. The van der Waals surface area contributed by atoms with Crippen molar-refractivity contribution in [1.29, 1.82) is 0 Å². The van der Waals surface area contributed by atoms with Crippen molar-refractivity contribution < 1.29 is 39.8 Å². The largest absolute Gasteiger partial charge is 0.394 e. The van der Waals surface area contributed by atoms with Crippen LogP contribution in [0, 0.1) is 0 Å². The van der Waals surface area contributed by atoms with Gasteiger partial charge in [0.25, 0.3) is 0 Å². The summed E-state index contributed by atoms with van der Waals surface area (Å²) < 4.78 is 11.2. The number of ether oxygens (including phenoxy) is 2. The predicted octanol–water partition coefficient (Wildman–Crippen LogP) is 13.2. The Morgan fingerprint density at radius 1 is 0.515 bits per heavy atom. The molecule has 0 spiro atoms. The number of carbonyl (C=O) groups is 1. The minimum absolute atomic E-state index is 0.192. The number of rotatable bonds is 45. The van der Waals surface area contributed by atoms with E-state index in [4.69, 9.17) is 9.47 Å². The Labute approximate surface area is 415 Å². The summed E-state index contributed by atoms with van der Waals surface area (Å²) >= 11 is 0. The quantitative estimate of drug-likeness (QED) is 0.0261. The molecular formula is C59H101NO8. The predicted molar refractivity (Wildman–Crippen MR) is 285 cm³/mol. The minimum atomic E-state index is -1.57. The van der Waals surface area contributed by atoms with Crippen LogP contribution in [0.2, 0.25) is 0 Å². The molecule has 0 bridgehead atoms. The zero-order valence-corrected chi connectivity index (χ0v) is 43.1. The van der Waals surface area contributed by atoms with Crippen LogP contribution in [0.5, 0.6) is 0 Å². The molecule has 1 amide bonds. The molecule has 7 unspecified atom stereocenters. The number of allylic oxidation sites excluding steroid dienone is 15. The Bertz CT molecular complexity index is 1380. The maximum atomic E-state index is 13.0. The Morgan fingerprint density at radius 2 is 0.926 bits per heavy atom. The van der Waals surface area contributed by atoms with E-state index in [1.807, 2.05) is 6.08 Å². The van der Waals surface area contributed by atoms with Crippen molar-refractivity contribution in [1.82, 2.24) is 5.32 Å². The van der Waals surface area contributed by atoms with E-state index in [-0.39, 0.29) is 12.5 Å². The van der Waals surface area contributed by atoms with E-state index in [0.29, 0.717) is 6.42 Å². The monoisotopic (exact) mass is 952 g/mol. The van der Waals surface area contributed by atoms with Gasteiger partial charge in [0.15, 0.2) is 6.29 Å². The average Bonchev–Trinajstić information content (AvgIpc) is 3.34. The fourth-order valence-electron chi connectivity index (χ4n) is 8.06. The van der Waals surface area contributed by atoms with Crippen LogP contribution in [0.25, 0.3) is 0 Å². The maximum Gasteiger partial charge on any atom is 0.220 e. The molecule has 0 aromatic heterocycles. The van der Waals surface area contributed by atoms with Crippen molar-refractivity contribution in [3.8, 4) is 0 Å². The van der Waals surface area contributed by atoms with Crippen LogP contribution in [0.1, 0.15) is 213 Å². The lowest BCUT2D eigenvalue weighted by Gasteiger charge is -2.40. The number of unbranched alkanes of at least 4 members (excludes halogenated alkanes) is 21. The molecule has 68 heavy (non-hydrogen) atoms. The van der Waals surface area contributed by atoms with Gasteiger partial charge < -0.3 is 40.3 Å². The van der Waals surface area contributed by atoms with Gasteiger partial charge in [-0.1, -0.05) is 220 Å². The van der Waals surface area contributed by atoms with E-state index in [0.717, 1.165) is 77.0 Å². The highest BCUT2D eigenvalue weighted by atomic mass is 16.7. The number of nitrogens with one attached hydrogen (secondary N) is 1. The van der Waals surface area contributed by atoms with E-state index in [9.17, 15) is 30.3 Å². The second-order valence-electron chi connectivity index (χ2n) is 18.6. The number of carbonyl (C=O) groups excluding carboxylic acids is 1. The molecule has 0 radical (unpaired) electrons. The number of amides is 1. The standard InChI is InChI=1S/C59H101NO8/c1-3-5-7-9-11-13-15-16-17-18-19-20-21-22-23-24-25-26-27-28-29-30-31-32-33-34-35-36-37-38-39-41-43-45-47-49-55(63)60-52(51-67-59-58(66)57(65)56(64)54(50-61)68-59)53(62)48-46-44-42-40-14-12-10-8-6-4-2/h5,7,11,13-14,16-17,19-20,22-23,25-26,40,46,48,52-54,56-59,61-62,64-66H,3-4,6,8-10,12,15,18,21,24,27-39,41-45,47,49-51H2,1-2H3,(H,60,63)/b7-5-,13-11-,17-16-,20-19-,23-22-,26-25-,40-14+,48-46+. The van der Waals surface area contributed by atoms with Crippen LogP contribution in [-0.4, -0.2) is 87.5 Å². The zero-order valence-electron chi connectivity index (χ0n) is 43.1. The Hall–Kier alpha value is -2.89.